The van der Waals surface area contributed by atoms with Crippen LogP contribution in [0.2, 0.25) is 0 Å². The number of hydrogen-bond donors (Lipinski definition) is 0. The first-order valence-corrected chi connectivity index (χ1v) is 9.01. The van der Waals surface area contributed by atoms with Gasteiger partial charge in [-0.05, 0) is 39.2 Å². The third kappa shape index (κ3) is 3.33. The molecular formula is C20H27N3O2. The fraction of sp³-hybridized carbons (Fsp3) is 0.500. The van der Waals surface area contributed by atoms with Crippen molar-refractivity contribution in [2.45, 2.75) is 45.8 Å². The van der Waals surface area contributed by atoms with Crippen LogP contribution in [0.4, 0.5) is 0 Å². The van der Waals surface area contributed by atoms with Crippen LogP contribution in [0.15, 0.2) is 30.3 Å². The van der Waals surface area contributed by atoms with E-state index in [0.29, 0.717) is 6.61 Å². The lowest BCUT2D eigenvalue weighted by Gasteiger charge is -2.29. The fourth-order valence-corrected chi connectivity index (χ4v) is 3.86. The molecule has 1 aromatic heterocycles. The van der Waals surface area contributed by atoms with E-state index in [4.69, 9.17) is 4.74 Å². The van der Waals surface area contributed by atoms with Crippen LogP contribution in [0, 0.1) is 13.8 Å². The standard InChI is InChI=1S/C20H27N3O2/c1-5-25-19(16-10-7-6-8-11-16)20(24)23-13-9-12-17(23)18-14(2)21-22(4)15(18)3/h6-8,10-11,17,19H,5,9,12-13H2,1-4H3. The summed E-state index contributed by atoms with van der Waals surface area (Å²) in [6, 6.07) is 9.87. The predicted octanol–water partition coefficient (Wildman–Crippen LogP) is 3.48. The molecule has 1 fully saturated rings. The molecule has 0 aliphatic carbocycles. The van der Waals surface area contributed by atoms with Crippen LogP contribution in [-0.2, 0) is 16.6 Å². The number of benzene rings is 1. The lowest BCUT2D eigenvalue weighted by molar-refractivity contribution is -0.145. The third-order valence-electron chi connectivity index (χ3n) is 5.09. The summed E-state index contributed by atoms with van der Waals surface area (Å²) < 4.78 is 7.75. The van der Waals surface area contributed by atoms with Crippen LogP contribution >= 0.6 is 0 Å². The number of ether oxygens (including phenoxy) is 1. The Bertz CT molecular complexity index is 739. The van der Waals surface area contributed by atoms with Gasteiger partial charge in [-0.3, -0.25) is 9.48 Å². The van der Waals surface area contributed by atoms with E-state index in [9.17, 15) is 4.79 Å². The van der Waals surface area contributed by atoms with Gasteiger partial charge in [0.25, 0.3) is 5.91 Å². The zero-order valence-electron chi connectivity index (χ0n) is 15.5. The maximum absolute atomic E-state index is 13.3. The first-order valence-electron chi connectivity index (χ1n) is 9.01. The molecule has 0 N–H and O–H groups in total. The minimum absolute atomic E-state index is 0.0539. The molecule has 2 aromatic rings. The molecule has 3 rings (SSSR count). The molecule has 5 heteroatoms. The highest BCUT2D eigenvalue weighted by molar-refractivity contribution is 5.83. The summed E-state index contributed by atoms with van der Waals surface area (Å²) in [5.41, 5.74) is 4.25. The Hall–Kier alpha value is -2.14. The quantitative estimate of drug-likeness (QED) is 0.836. The van der Waals surface area contributed by atoms with Gasteiger partial charge in [0.15, 0.2) is 6.10 Å². The van der Waals surface area contributed by atoms with Gasteiger partial charge >= 0.3 is 0 Å². The van der Waals surface area contributed by atoms with Crippen LogP contribution < -0.4 is 0 Å². The van der Waals surface area contributed by atoms with Gasteiger partial charge in [0, 0.05) is 31.5 Å². The molecule has 2 unspecified atom stereocenters. The van der Waals surface area contributed by atoms with Gasteiger partial charge in [0.1, 0.15) is 0 Å². The largest absolute Gasteiger partial charge is 0.364 e. The van der Waals surface area contributed by atoms with Crippen molar-refractivity contribution in [2.75, 3.05) is 13.2 Å². The molecule has 1 saturated heterocycles. The molecule has 1 aliphatic heterocycles. The molecule has 1 amide bonds. The van der Waals surface area contributed by atoms with E-state index >= 15 is 0 Å². The number of rotatable bonds is 5. The molecule has 1 aromatic carbocycles. The molecule has 0 spiro atoms. The predicted molar refractivity (Wildman–Crippen MR) is 97.2 cm³/mol. The van der Waals surface area contributed by atoms with Crippen molar-refractivity contribution < 1.29 is 9.53 Å². The van der Waals surface area contributed by atoms with Crippen molar-refractivity contribution in [3.63, 3.8) is 0 Å². The smallest absolute Gasteiger partial charge is 0.256 e. The van der Waals surface area contributed by atoms with E-state index in [1.807, 2.05) is 60.8 Å². The summed E-state index contributed by atoms with van der Waals surface area (Å²) in [7, 11) is 1.96. The van der Waals surface area contributed by atoms with E-state index < -0.39 is 6.10 Å². The first kappa shape index (κ1) is 17.7. The normalized spacial score (nSPS) is 18.6. The highest BCUT2D eigenvalue weighted by atomic mass is 16.5. The Labute approximate surface area is 149 Å². The molecular weight excluding hydrogens is 314 g/mol. The van der Waals surface area contributed by atoms with Gasteiger partial charge in [-0.25, -0.2) is 0 Å². The van der Waals surface area contributed by atoms with Crippen molar-refractivity contribution in [1.29, 1.82) is 0 Å². The van der Waals surface area contributed by atoms with Crippen LogP contribution in [0.25, 0.3) is 0 Å². The minimum atomic E-state index is -0.538. The summed E-state index contributed by atoms with van der Waals surface area (Å²) in [5, 5.41) is 4.54. The lowest BCUT2D eigenvalue weighted by atomic mass is 10.0. The molecule has 0 saturated carbocycles. The summed E-state index contributed by atoms with van der Waals surface area (Å²) in [6.45, 7) is 7.32. The van der Waals surface area contributed by atoms with Gasteiger partial charge in [-0.2, -0.15) is 5.10 Å². The van der Waals surface area contributed by atoms with E-state index in [1.54, 1.807) is 0 Å². The molecule has 5 nitrogen and oxygen atoms in total. The Balaban J connectivity index is 1.91. The van der Waals surface area contributed by atoms with Crippen LogP contribution in [0.1, 0.15) is 54.4 Å². The first-order chi connectivity index (χ1) is 12.0. The highest BCUT2D eigenvalue weighted by Gasteiger charge is 2.37. The fourth-order valence-electron chi connectivity index (χ4n) is 3.86. The van der Waals surface area contributed by atoms with E-state index in [-0.39, 0.29) is 11.9 Å². The third-order valence-corrected chi connectivity index (χ3v) is 5.09. The Morgan fingerprint density at radius 2 is 2.04 bits per heavy atom. The summed E-state index contributed by atoms with van der Waals surface area (Å²) in [5.74, 6) is 0.0539. The average molecular weight is 341 g/mol. The van der Waals surface area contributed by atoms with Crippen molar-refractivity contribution in [3.8, 4) is 0 Å². The molecule has 0 radical (unpaired) electrons. The Morgan fingerprint density at radius 3 is 2.64 bits per heavy atom. The number of likely N-dealkylation sites (tertiary alicyclic amines) is 1. The summed E-state index contributed by atoms with van der Waals surface area (Å²) in [6.07, 6.45) is 1.45. The van der Waals surface area contributed by atoms with Gasteiger partial charge in [0.2, 0.25) is 0 Å². The van der Waals surface area contributed by atoms with Crippen molar-refractivity contribution in [3.05, 3.63) is 52.8 Å². The van der Waals surface area contributed by atoms with Gasteiger partial charge in [0.05, 0.1) is 11.7 Å². The molecule has 2 atom stereocenters. The SMILES string of the molecule is CCOC(C(=O)N1CCCC1c1c(C)nn(C)c1C)c1ccccc1. The van der Waals surface area contributed by atoms with E-state index in [1.165, 1.54) is 5.56 Å². The second-order valence-corrected chi connectivity index (χ2v) is 6.64. The Kier molecular flexibility index (Phi) is 5.23. The zero-order valence-corrected chi connectivity index (χ0v) is 15.5. The van der Waals surface area contributed by atoms with E-state index in [0.717, 1.165) is 36.3 Å². The molecule has 134 valence electrons. The topological polar surface area (TPSA) is 47.4 Å². The second kappa shape index (κ2) is 7.40. The van der Waals surface area contributed by atoms with Crippen molar-refractivity contribution >= 4 is 5.91 Å². The number of hydrogen-bond acceptors (Lipinski definition) is 3. The van der Waals surface area contributed by atoms with Crippen molar-refractivity contribution in [2.24, 2.45) is 7.05 Å². The molecule has 1 aliphatic rings. The highest BCUT2D eigenvalue weighted by Crippen LogP contribution is 2.37. The second-order valence-electron chi connectivity index (χ2n) is 6.64. The zero-order chi connectivity index (χ0) is 18.0. The van der Waals surface area contributed by atoms with Crippen molar-refractivity contribution in [1.82, 2.24) is 14.7 Å². The number of carbonyl (C=O) groups excluding carboxylic acids is 1. The van der Waals surface area contributed by atoms with Crippen LogP contribution in [-0.4, -0.2) is 33.7 Å². The number of aryl methyl sites for hydroxylation is 2. The van der Waals surface area contributed by atoms with Gasteiger partial charge in [-0.1, -0.05) is 30.3 Å². The van der Waals surface area contributed by atoms with Crippen LogP contribution in [0.5, 0.6) is 0 Å². The summed E-state index contributed by atoms with van der Waals surface area (Å²) >= 11 is 0. The number of carbonyl (C=O) groups is 1. The van der Waals surface area contributed by atoms with E-state index in [2.05, 4.69) is 12.0 Å². The number of nitrogens with zero attached hydrogens (tertiary/aromatic N) is 3. The monoisotopic (exact) mass is 341 g/mol. The maximum Gasteiger partial charge on any atom is 0.256 e. The lowest BCUT2D eigenvalue weighted by Crippen LogP contribution is -2.36. The summed E-state index contributed by atoms with van der Waals surface area (Å²) in [4.78, 5) is 15.3. The molecule has 0 bridgehead atoms. The maximum atomic E-state index is 13.3. The van der Waals surface area contributed by atoms with Gasteiger partial charge < -0.3 is 9.64 Å². The van der Waals surface area contributed by atoms with Crippen LogP contribution in [0.3, 0.4) is 0 Å². The minimum Gasteiger partial charge on any atom is -0.364 e. The van der Waals surface area contributed by atoms with Gasteiger partial charge in [-0.15, -0.1) is 0 Å². The molecule has 25 heavy (non-hydrogen) atoms. The molecule has 2 heterocycles. The number of aromatic nitrogens is 2. The average Bonchev–Trinajstić information content (AvgIpc) is 3.17. The number of amides is 1. The Morgan fingerprint density at radius 1 is 1.32 bits per heavy atom.